The maximum absolute atomic E-state index is 12.1. The molecule has 1 aromatic rings. The van der Waals surface area contributed by atoms with Gasteiger partial charge in [-0.3, -0.25) is 9.59 Å². The first-order valence-electron chi connectivity index (χ1n) is 6.17. The first kappa shape index (κ1) is 12.8. The quantitative estimate of drug-likeness (QED) is 0.818. The summed E-state index contributed by atoms with van der Waals surface area (Å²) in [5, 5.41) is 0. The molecule has 1 aliphatic rings. The summed E-state index contributed by atoms with van der Waals surface area (Å²) in [6, 6.07) is 1.72. The Morgan fingerprint density at radius 2 is 2.22 bits per heavy atom. The maximum Gasteiger partial charge on any atom is 0.259 e. The van der Waals surface area contributed by atoms with Crippen LogP contribution in [0.3, 0.4) is 0 Å². The van der Waals surface area contributed by atoms with E-state index in [2.05, 4.69) is 4.98 Å². The summed E-state index contributed by atoms with van der Waals surface area (Å²) in [6.45, 7) is 2.45. The Kier molecular flexibility index (Phi) is 3.52. The second kappa shape index (κ2) is 4.94. The molecule has 1 aliphatic carbocycles. The van der Waals surface area contributed by atoms with Crippen LogP contribution < -0.4 is 11.2 Å². The highest BCUT2D eigenvalue weighted by Crippen LogP contribution is 2.26. The average molecular weight is 249 g/mol. The number of H-pyrrole nitrogens is 1. The minimum Gasteiger partial charge on any atom is -0.364 e. The van der Waals surface area contributed by atoms with Gasteiger partial charge in [0.15, 0.2) is 5.43 Å². The van der Waals surface area contributed by atoms with Gasteiger partial charge in [-0.15, -0.1) is 0 Å². The molecular formula is C13H19N3O2. The fraction of sp³-hybridized carbons (Fsp3) is 0.538. The summed E-state index contributed by atoms with van der Waals surface area (Å²) in [5.74, 6) is 0.246. The van der Waals surface area contributed by atoms with Crippen LogP contribution in [-0.4, -0.2) is 35.4 Å². The van der Waals surface area contributed by atoms with Gasteiger partial charge in [-0.2, -0.15) is 0 Å². The molecule has 1 saturated carbocycles. The Bertz CT molecular complexity index is 503. The topological polar surface area (TPSA) is 79.2 Å². The Morgan fingerprint density at radius 3 is 2.78 bits per heavy atom. The number of nitrogens with two attached hydrogens (primary N) is 1. The summed E-state index contributed by atoms with van der Waals surface area (Å²) in [4.78, 5) is 28.3. The lowest BCUT2D eigenvalue weighted by Gasteiger charge is -2.35. The van der Waals surface area contributed by atoms with Crippen LogP contribution >= 0.6 is 0 Å². The van der Waals surface area contributed by atoms with Gasteiger partial charge in [0.25, 0.3) is 5.91 Å². The number of carbonyl (C=O) groups excluding carboxylic acids is 1. The number of rotatable bonds is 3. The molecule has 0 bridgehead atoms. The van der Waals surface area contributed by atoms with Crippen LogP contribution in [0.15, 0.2) is 17.1 Å². The molecule has 0 saturated heterocycles. The molecule has 98 valence electrons. The highest BCUT2D eigenvalue weighted by atomic mass is 16.2. The first-order valence-corrected chi connectivity index (χ1v) is 6.17. The van der Waals surface area contributed by atoms with Crippen LogP contribution in [0.1, 0.15) is 28.9 Å². The van der Waals surface area contributed by atoms with Gasteiger partial charge >= 0.3 is 0 Å². The first-order chi connectivity index (χ1) is 8.47. The van der Waals surface area contributed by atoms with Crippen LogP contribution in [-0.2, 0) is 0 Å². The molecule has 0 unspecified atom stereocenters. The summed E-state index contributed by atoms with van der Waals surface area (Å²) in [7, 11) is 1.73. The van der Waals surface area contributed by atoms with Crippen molar-refractivity contribution in [2.24, 2.45) is 11.7 Å². The minimum atomic E-state index is -0.228. The number of hydrogen-bond acceptors (Lipinski definition) is 3. The van der Waals surface area contributed by atoms with Crippen molar-refractivity contribution < 1.29 is 4.79 Å². The number of aromatic amines is 1. The lowest BCUT2D eigenvalue weighted by atomic mass is 9.80. The maximum atomic E-state index is 12.1. The smallest absolute Gasteiger partial charge is 0.259 e. The van der Waals surface area contributed by atoms with Crippen molar-refractivity contribution in [2.75, 3.05) is 13.6 Å². The molecule has 0 spiro atoms. The fourth-order valence-electron chi connectivity index (χ4n) is 2.35. The lowest BCUT2D eigenvalue weighted by molar-refractivity contribution is 0.0732. The van der Waals surface area contributed by atoms with E-state index in [1.54, 1.807) is 18.9 Å². The molecule has 0 atom stereocenters. The number of aromatic nitrogens is 1. The number of nitrogens with one attached hydrogen (secondary N) is 1. The van der Waals surface area contributed by atoms with Crippen LogP contribution in [0.25, 0.3) is 0 Å². The van der Waals surface area contributed by atoms with E-state index in [1.165, 1.54) is 12.3 Å². The average Bonchev–Trinajstić information content (AvgIpc) is 2.26. The monoisotopic (exact) mass is 249 g/mol. The van der Waals surface area contributed by atoms with E-state index in [1.807, 2.05) is 0 Å². The Balaban J connectivity index is 2.04. The van der Waals surface area contributed by atoms with E-state index in [0.717, 1.165) is 18.5 Å². The van der Waals surface area contributed by atoms with Crippen molar-refractivity contribution in [3.05, 3.63) is 33.7 Å². The van der Waals surface area contributed by atoms with Gasteiger partial charge in [-0.1, -0.05) is 0 Å². The van der Waals surface area contributed by atoms with Crippen molar-refractivity contribution in [3.8, 4) is 0 Å². The number of aryl methyl sites for hydroxylation is 1. The van der Waals surface area contributed by atoms with Crippen LogP contribution in [0.2, 0.25) is 0 Å². The van der Waals surface area contributed by atoms with Crippen LogP contribution in [0.5, 0.6) is 0 Å². The Morgan fingerprint density at radius 1 is 1.56 bits per heavy atom. The third-order valence-corrected chi connectivity index (χ3v) is 3.44. The number of pyridine rings is 1. The molecule has 3 N–H and O–H groups in total. The van der Waals surface area contributed by atoms with Crippen molar-refractivity contribution in [1.29, 1.82) is 0 Å². The van der Waals surface area contributed by atoms with E-state index in [4.69, 9.17) is 5.73 Å². The van der Waals surface area contributed by atoms with Gasteiger partial charge in [0.2, 0.25) is 0 Å². The Labute approximate surface area is 106 Å². The molecule has 0 radical (unpaired) electrons. The highest BCUT2D eigenvalue weighted by molar-refractivity contribution is 5.93. The van der Waals surface area contributed by atoms with Gasteiger partial charge in [-0.25, -0.2) is 0 Å². The second-order valence-corrected chi connectivity index (χ2v) is 5.18. The zero-order chi connectivity index (χ0) is 13.3. The van der Waals surface area contributed by atoms with E-state index >= 15 is 0 Å². The Hall–Kier alpha value is -1.62. The molecule has 5 nitrogen and oxygen atoms in total. The largest absolute Gasteiger partial charge is 0.364 e. The SMILES string of the molecule is Cc1cc(=O)c(C(=O)N(C)CC2CC(N)C2)c[nH]1. The van der Waals surface area contributed by atoms with Crippen molar-refractivity contribution >= 4 is 5.91 Å². The summed E-state index contributed by atoms with van der Waals surface area (Å²) in [5.41, 5.74) is 6.44. The predicted molar refractivity (Wildman–Crippen MR) is 69.5 cm³/mol. The molecule has 2 rings (SSSR count). The van der Waals surface area contributed by atoms with Crippen LogP contribution in [0, 0.1) is 12.8 Å². The third kappa shape index (κ3) is 2.61. The van der Waals surface area contributed by atoms with Gasteiger partial charge in [0, 0.05) is 37.6 Å². The van der Waals surface area contributed by atoms with Crippen molar-refractivity contribution in [2.45, 2.75) is 25.8 Å². The predicted octanol–water partition coefficient (Wildman–Crippen LogP) is 0.493. The molecular weight excluding hydrogens is 230 g/mol. The van der Waals surface area contributed by atoms with Crippen molar-refractivity contribution in [3.63, 3.8) is 0 Å². The molecule has 5 heteroatoms. The third-order valence-electron chi connectivity index (χ3n) is 3.44. The zero-order valence-electron chi connectivity index (χ0n) is 10.8. The molecule has 1 heterocycles. The molecule has 1 fully saturated rings. The zero-order valence-corrected chi connectivity index (χ0v) is 10.8. The van der Waals surface area contributed by atoms with Crippen LogP contribution in [0.4, 0.5) is 0 Å². The van der Waals surface area contributed by atoms with Gasteiger partial charge in [-0.05, 0) is 25.7 Å². The second-order valence-electron chi connectivity index (χ2n) is 5.18. The highest BCUT2D eigenvalue weighted by Gasteiger charge is 2.28. The summed E-state index contributed by atoms with van der Waals surface area (Å²) in [6.07, 6.45) is 3.41. The number of hydrogen-bond donors (Lipinski definition) is 2. The minimum absolute atomic E-state index is 0.201. The van der Waals surface area contributed by atoms with Gasteiger partial charge < -0.3 is 15.6 Å². The van der Waals surface area contributed by atoms with Gasteiger partial charge in [0.05, 0.1) is 0 Å². The molecule has 1 amide bonds. The molecule has 1 aromatic heterocycles. The summed E-state index contributed by atoms with van der Waals surface area (Å²) >= 11 is 0. The molecule has 0 aliphatic heterocycles. The fourth-order valence-corrected chi connectivity index (χ4v) is 2.35. The van der Waals surface area contributed by atoms with Crippen molar-refractivity contribution in [1.82, 2.24) is 9.88 Å². The van der Waals surface area contributed by atoms with E-state index < -0.39 is 0 Å². The van der Waals surface area contributed by atoms with E-state index in [0.29, 0.717) is 12.5 Å². The summed E-state index contributed by atoms with van der Waals surface area (Å²) < 4.78 is 0. The van der Waals surface area contributed by atoms with Gasteiger partial charge in [0.1, 0.15) is 5.56 Å². The number of nitrogens with zero attached hydrogens (tertiary/aromatic N) is 1. The number of carbonyl (C=O) groups is 1. The standard InChI is InChI=1S/C13H19N3O2/c1-8-3-12(17)11(6-15-8)13(18)16(2)7-9-4-10(14)5-9/h3,6,9-10H,4-5,7,14H2,1-2H3,(H,15,17). The number of amides is 1. The molecule has 0 aromatic carbocycles. The van der Waals surface area contributed by atoms with E-state index in [-0.39, 0.29) is 22.9 Å². The van der Waals surface area contributed by atoms with E-state index in [9.17, 15) is 9.59 Å². The normalized spacial score (nSPS) is 22.4. The molecule has 18 heavy (non-hydrogen) atoms. The lowest BCUT2D eigenvalue weighted by Crippen LogP contribution is -2.44.